The van der Waals surface area contributed by atoms with Crippen LogP contribution in [0.15, 0.2) is 0 Å². The van der Waals surface area contributed by atoms with Crippen molar-refractivity contribution in [1.29, 1.82) is 0 Å². The van der Waals surface area contributed by atoms with Gasteiger partial charge in [0.1, 0.15) is 12.4 Å². The lowest BCUT2D eigenvalue weighted by molar-refractivity contribution is -0.149. The van der Waals surface area contributed by atoms with Gasteiger partial charge in [0.05, 0.1) is 12.7 Å². The van der Waals surface area contributed by atoms with Gasteiger partial charge in [-0.1, -0.05) is 0 Å². The molecule has 4 nitrogen and oxygen atoms in total. The molecule has 0 radical (unpaired) electrons. The third-order valence-corrected chi connectivity index (χ3v) is 1.79. The first kappa shape index (κ1) is 9.64. The van der Waals surface area contributed by atoms with Crippen molar-refractivity contribution >= 4 is 6.29 Å². The van der Waals surface area contributed by atoms with Crippen LogP contribution in [0.4, 0.5) is 0 Å². The summed E-state index contributed by atoms with van der Waals surface area (Å²) in [4.78, 5) is 10.2. The van der Waals surface area contributed by atoms with Gasteiger partial charge in [-0.2, -0.15) is 0 Å². The van der Waals surface area contributed by atoms with Gasteiger partial charge in [0.2, 0.25) is 0 Å². The zero-order valence-electron chi connectivity index (χ0n) is 7.32. The minimum Gasteiger partial charge on any atom is -0.394 e. The largest absolute Gasteiger partial charge is 0.394 e. The van der Waals surface area contributed by atoms with E-state index in [1.807, 2.05) is 0 Å². The first-order valence-electron chi connectivity index (χ1n) is 3.99. The molecule has 0 bridgehead atoms. The van der Waals surface area contributed by atoms with Gasteiger partial charge in [0.15, 0.2) is 5.79 Å². The minimum absolute atomic E-state index is 0.109. The summed E-state index contributed by atoms with van der Waals surface area (Å²) in [6.45, 7) is 3.42. The molecule has 1 fully saturated rings. The molecule has 1 aliphatic heterocycles. The molecule has 1 heterocycles. The zero-order chi connectivity index (χ0) is 9.19. The number of carbonyl (C=O) groups is 1. The van der Waals surface area contributed by atoms with E-state index in [1.165, 1.54) is 0 Å². The van der Waals surface area contributed by atoms with Crippen molar-refractivity contribution < 1.29 is 19.4 Å². The highest BCUT2D eigenvalue weighted by Crippen LogP contribution is 2.28. The first-order valence-corrected chi connectivity index (χ1v) is 3.99. The lowest BCUT2D eigenvalue weighted by Crippen LogP contribution is -2.26. The molecule has 0 saturated carbocycles. The lowest BCUT2D eigenvalue weighted by Gasteiger charge is -2.16. The number of ether oxygens (including phenoxy) is 2. The fourth-order valence-electron chi connectivity index (χ4n) is 1.36. The summed E-state index contributed by atoms with van der Waals surface area (Å²) in [5, 5.41) is 8.87. The summed E-state index contributed by atoms with van der Waals surface area (Å²) in [6.07, 6.45) is 0.375. The number of aldehydes is 1. The second kappa shape index (κ2) is 3.51. The zero-order valence-corrected chi connectivity index (χ0v) is 7.32. The van der Waals surface area contributed by atoms with E-state index in [2.05, 4.69) is 0 Å². The van der Waals surface area contributed by atoms with E-state index in [9.17, 15) is 4.79 Å². The van der Waals surface area contributed by atoms with Crippen molar-refractivity contribution in [1.82, 2.24) is 0 Å². The lowest BCUT2D eigenvalue weighted by atomic mass is 10.2. The van der Waals surface area contributed by atoms with Crippen LogP contribution in [0.25, 0.3) is 0 Å². The molecule has 0 amide bonds. The Morgan fingerprint density at radius 2 is 2.00 bits per heavy atom. The molecule has 12 heavy (non-hydrogen) atoms. The topological polar surface area (TPSA) is 55.8 Å². The molecule has 0 aromatic heterocycles. The molecule has 0 unspecified atom stereocenters. The predicted octanol–water partition coefficient (Wildman–Crippen LogP) is 0.0878. The molecule has 1 N–H and O–H groups in total. The van der Waals surface area contributed by atoms with Crippen LogP contribution in [0.2, 0.25) is 0 Å². The third-order valence-electron chi connectivity index (χ3n) is 1.79. The highest BCUT2D eigenvalue weighted by Gasteiger charge is 2.40. The van der Waals surface area contributed by atoms with Gasteiger partial charge in [0.25, 0.3) is 0 Å². The van der Waals surface area contributed by atoms with Crippen molar-refractivity contribution in [2.45, 2.75) is 38.3 Å². The van der Waals surface area contributed by atoms with Crippen LogP contribution in [0.1, 0.15) is 20.3 Å². The van der Waals surface area contributed by atoms with E-state index in [0.29, 0.717) is 0 Å². The maximum Gasteiger partial charge on any atom is 0.163 e. The Labute approximate surface area is 71.5 Å². The molecular weight excluding hydrogens is 160 g/mol. The van der Waals surface area contributed by atoms with E-state index >= 15 is 0 Å². The SMILES string of the molecule is CC1(C)O[C@@H](CO)[C@H](CC=O)O1. The molecule has 0 aromatic carbocycles. The van der Waals surface area contributed by atoms with Crippen LogP contribution in [-0.2, 0) is 14.3 Å². The Morgan fingerprint density at radius 3 is 2.50 bits per heavy atom. The molecule has 70 valence electrons. The van der Waals surface area contributed by atoms with Crippen LogP contribution in [-0.4, -0.2) is 36.0 Å². The van der Waals surface area contributed by atoms with E-state index in [4.69, 9.17) is 14.6 Å². The first-order chi connectivity index (χ1) is 5.59. The van der Waals surface area contributed by atoms with Gasteiger partial charge >= 0.3 is 0 Å². The molecule has 1 rings (SSSR count). The van der Waals surface area contributed by atoms with Crippen LogP contribution in [0.3, 0.4) is 0 Å². The highest BCUT2D eigenvalue weighted by atomic mass is 16.8. The molecule has 1 aliphatic rings. The standard InChI is InChI=1S/C8H14O4/c1-8(2)11-6(3-4-9)7(5-10)12-8/h4,6-7,10H,3,5H2,1-2H3/t6-,7-/m0/s1. The Morgan fingerprint density at radius 1 is 1.42 bits per heavy atom. The smallest absolute Gasteiger partial charge is 0.163 e. The minimum atomic E-state index is -0.679. The summed E-state index contributed by atoms with van der Waals surface area (Å²) in [5.41, 5.74) is 0. The number of aliphatic hydroxyl groups is 1. The van der Waals surface area contributed by atoms with Crippen molar-refractivity contribution in [3.63, 3.8) is 0 Å². The summed E-state index contributed by atoms with van der Waals surface area (Å²) in [6, 6.07) is 0. The average molecular weight is 174 g/mol. The van der Waals surface area contributed by atoms with E-state index in [-0.39, 0.29) is 25.2 Å². The van der Waals surface area contributed by atoms with Crippen LogP contribution < -0.4 is 0 Å². The predicted molar refractivity (Wildman–Crippen MR) is 41.6 cm³/mol. The van der Waals surface area contributed by atoms with Gasteiger partial charge in [-0.05, 0) is 13.8 Å². The van der Waals surface area contributed by atoms with E-state index in [1.54, 1.807) is 13.8 Å². The molecule has 0 aromatic rings. The van der Waals surface area contributed by atoms with Crippen molar-refractivity contribution in [3.05, 3.63) is 0 Å². The van der Waals surface area contributed by atoms with Gasteiger partial charge in [-0.3, -0.25) is 0 Å². The molecule has 0 aliphatic carbocycles. The third kappa shape index (κ3) is 2.03. The fraction of sp³-hybridized carbons (Fsp3) is 0.875. The maximum absolute atomic E-state index is 10.2. The van der Waals surface area contributed by atoms with Crippen molar-refractivity contribution in [2.75, 3.05) is 6.61 Å². The summed E-state index contributed by atoms with van der Waals surface area (Å²) in [5.74, 6) is -0.679. The maximum atomic E-state index is 10.2. The quantitative estimate of drug-likeness (QED) is 0.616. The number of aliphatic hydroxyl groups excluding tert-OH is 1. The normalized spacial score (nSPS) is 33.6. The summed E-state index contributed by atoms with van der Waals surface area (Å²) in [7, 11) is 0. The molecule has 1 saturated heterocycles. The molecule has 2 atom stereocenters. The summed E-state index contributed by atoms with van der Waals surface area (Å²) < 4.78 is 10.7. The van der Waals surface area contributed by atoms with Gasteiger partial charge in [-0.15, -0.1) is 0 Å². The second-order valence-electron chi connectivity index (χ2n) is 3.30. The Kier molecular flexibility index (Phi) is 2.82. The van der Waals surface area contributed by atoms with Crippen LogP contribution >= 0.6 is 0 Å². The Hall–Kier alpha value is -0.450. The number of hydrogen-bond donors (Lipinski definition) is 1. The second-order valence-corrected chi connectivity index (χ2v) is 3.30. The molecule has 4 heteroatoms. The van der Waals surface area contributed by atoms with Gasteiger partial charge < -0.3 is 19.4 Å². The summed E-state index contributed by atoms with van der Waals surface area (Å²) >= 11 is 0. The Bertz CT molecular complexity index is 166. The Balaban J connectivity index is 2.56. The monoisotopic (exact) mass is 174 g/mol. The number of carbonyl (C=O) groups excluding carboxylic acids is 1. The van der Waals surface area contributed by atoms with Crippen LogP contribution in [0.5, 0.6) is 0 Å². The molecule has 0 spiro atoms. The highest BCUT2D eigenvalue weighted by molar-refractivity contribution is 5.50. The van der Waals surface area contributed by atoms with Gasteiger partial charge in [-0.25, -0.2) is 0 Å². The van der Waals surface area contributed by atoms with Crippen molar-refractivity contribution in [2.24, 2.45) is 0 Å². The average Bonchev–Trinajstić information content (AvgIpc) is 2.26. The molecular formula is C8H14O4. The van der Waals surface area contributed by atoms with Gasteiger partial charge in [0, 0.05) is 6.42 Å². The van der Waals surface area contributed by atoms with E-state index < -0.39 is 5.79 Å². The van der Waals surface area contributed by atoms with E-state index in [0.717, 1.165) is 6.29 Å². The van der Waals surface area contributed by atoms with Crippen LogP contribution in [0, 0.1) is 0 Å². The number of hydrogen-bond acceptors (Lipinski definition) is 4. The fourth-order valence-corrected chi connectivity index (χ4v) is 1.36. The van der Waals surface area contributed by atoms with Crippen molar-refractivity contribution in [3.8, 4) is 0 Å². The number of rotatable bonds is 3.